The number of rotatable bonds is 6. The Bertz CT molecular complexity index is 1200. The van der Waals surface area contributed by atoms with Crippen LogP contribution in [0.4, 0.5) is 0 Å². The van der Waals surface area contributed by atoms with Gasteiger partial charge in [-0.3, -0.25) is 0 Å². The summed E-state index contributed by atoms with van der Waals surface area (Å²) in [7, 11) is 1.65. The van der Waals surface area contributed by atoms with Crippen molar-refractivity contribution in [2.75, 3.05) is 26.7 Å². The molecule has 1 aliphatic rings. The lowest BCUT2D eigenvalue weighted by molar-refractivity contribution is 0.204. The van der Waals surface area contributed by atoms with Crippen LogP contribution in [0.5, 0.6) is 11.5 Å². The summed E-state index contributed by atoms with van der Waals surface area (Å²) in [6.07, 6.45) is 3.58. The van der Waals surface area contributed by atoms with Crippen LogP contribution in [0.15, 0.2) is 89.9 Å². The van der Waals surface area contributed by atoms with Crippen LogP contribution in [0.3, 0.4) is 0 Å². The number of nitrogens with one attached hydrogen (secondary N) is 1. The Balaban J connectivity index is 1.51. The molecule has 4 rings (SSSR count). The molecule has 1 N–H and O–H groups in total. The average Bonchev–Trinajstić information content (AvgIpc) is 2.93. The van der Waals surface area contributed by atoms with Crippen molar-refractivity contribution < 1.29 is 9.47 Å². The molecule has 1 saturated heterocycles. The predicted molar refractivity (Wildman–Crippen MR) is 142 cm³/mol. The minimum atomic E-state index is -0.131. The lowest BCUT2D eigenvalue weighted by Crippen LogP contribution is -2.51. The van der Waals surface area contributed by atoms with Crippen molar-refractivity contribution >= 4 is 23.2 Å². The molecule has 0 atom stereocenters. The largest absolute Gasteiger partial charge is 0.496 e. The molecule has 3 aromatic rings. The van der Waals surface area contributed by atoms with Crippen molar-refractivity contribution in [2.24, 2.45) is 4.99 Å². The van der Waals surface area contributed by atoms with E-state index < -0.39 is 0 Å². The first-order valence-electron chi connectivity index (χ1n) is 11.6. The molecule has 0 amide bonds. The second-order valence-corrected chi connectivity index (χ2v) is 8.83. The van der Waals surface area contributed by atoms with Gasteiger partial charge >= 0.3 is 6.02 Å². The van der Waals surface area contributed by atoms with Gasteiger partial charge in [0.2, 0.25) is 6.19 Å². The van der Waals surface area contributed by atoms with Gasteiger partial charge in [-0.05, 0) is 42.7 Å². The summed E-state index contributed by atoms with van der Waals surface area (Å²) in [6.45, 7) is 2.09. The number of likely N-dealkylation sites (tertiary alicyclic amines) is 1. The van der Waals surface area contributed by atoms with Crippen molar-refractivity contribution in [1.82, 2.24) is 10.2 Å². The van der Waals surface area contributed by atoms with Gasteiger partial charge in [0.25, 0.3) is 0 Å². The summed E-state index contributed by atoms with van der Waals surface area (Å²) < 4.78 is 11.4. The normalized spacial score (nSPS) is 15.1. The third-order valence-corrected chi connectivity index (χ3v) is 6.78. The maximum Gasteiger partial charge on any atom is 0.308 e. The number of aliphatic imine (C=N–C) groups is 1. The topological polar surface area (TPSA) is 69.9 Å². The molecule has 0 bridgehead atoms. The number of methoxy groups -OCH3 is 1. The molecule has 0 spiro atoms. The van der Waals surface area contributed by atoms with E-state index in [4.69, 9.17) is 21.7 Å². The minimum Gasteiger partial charge on any atom is -0.496 e. The van der Waals surface area contributed by atoms with E-state index in [9.17, 15) is 5.26 Å². The van der Waals surface area contributed by atoms with Crippen LogP contribution in [0.25, 0.3) is 0 Å². The molecule has 0 unspecified atom stereocenters. The number of amidine groups is 1. The summed E-state index contributed by atoms with van der Waals surface area (Å²) in [5, 5.41) is 12.8. The summed E-state index contributed by atoms with van der Waals surface area (Å²) in [4.78, 5) is 6.68. The van der Waals surface area contributed by atoms with Crippen LogP contribution in [0.2, 0.25) is 0 Å². The zero-order valence-electron chi connectivity index (χ0n) is 19.7. The molecule has 0 aromatic heterocycles. The molecular formula is C28H28N4O2S. The van der Waals surface area contributed by atoms with Gasteiger partial charge in [0, 0.05) is 25.0 Å². The summed E-state index contributed by atoms with van der Waals surface area (Å²) in [5.41, 5.74) is 2.01. The number of piperidine rings is 1. The monoisotopic (exact) mass is 484 g/mol. The van der Waals surface area contributed by atoms with E-state index in [-0.39, 0.29) is 5.41 Å². The Kier molecular flexibility index (Phi) is 7.96. The van der Waals surface area contributed by atoms with Gasteiger partial charge in [0.05, 0.1) is 12.7 Å². The fraction of sp³-hybridized carbons (Fsp3) is 0.250. The third-order valence-electron chi connectivity index (χ3n) is 6.41. The Labute approximate surface area is 211 Å². The molecule has 1 heterocycles. The van der Waals surface area contributed by atoms with E-state index in [1.807, 2.05) is 71.8 Å². The molecule has 7 heteroatoms. The van der Waals surface area contributed by atoms with Gasteiger partial charge in [0.1, 0.15) is 16.5 Å². The van der Waals surface area contributed by atoms with Crippen molar-refractivity contribution in [3.05, 3.63) is 96.1 Å². The Morgan fingerprint density at radius 3 is 2.29 bits per heavy atom. The van der Waals surface area contributed by atoms with Crippen LogP contribution in [0.1, 0.15) is 24.0 Å². The zero-order valence-corrected chi connectivity index (χ0v) is 20.5. The van der Waals surface area contributed by atoms with Gasteiger partial charge in [-0.25, -0.2) is 0 Å². The summed E-state index contributed by atoms with van der Waals surface area (Å²) in [6, 6.07) is 28.1. The van der Waals surface area contributed by atoms with Crippen LogP contribution in [0, 0.1) is 11.5 Å². The highest BCUT2D eigenvalue weighted by Crippen LogP contribution is 2.35. The molecule has 1 fully saturated rings. The quantitative estimate of drug-likeness (QED) is 0.232. The van der Waals surface area contributed by atoms with Gasteiger partial charge in [-0.2, -0.15) is 5.26 Å². The summed E-state index contributed by atoms with van der Waals surface area (Å²) >= 11 is 5.74. The number of nitrogens with zero attached hydrogens (tertiary/aromatic N) is 3. The smallest absolute Gasteiger partial charge is 0.308 e. The second kappa shape index (κ2) is 11.5. The van der Waals surface area contributed by atoms with E-state index in [2.05, 4.69) is 34.6 Å². The van der Waals surface area contributed by atoms with Crippen molar-refractivity contribution in [2.45, 2.75) is 18.3 Å². The van der Waals surface area contributed by atoms with Crippen molar-refractivity contribution in [3.8, 4) is 17.7 Å². The molecule has 0 saturated carbocycles. The van der Waals surface area contributed by atoms with E-state index in [1.54, 1.807) is 7.11 Å². The highest BCUT2D eigenvalue weighted by molar-refractivity contribution is 7.80. The first-order chi connectivity index (χ1) is 17.1. The van der Waals surface area contributed by atoms with E-state index in [1.165, 1.54) is 5.56 Å². The van der Waals surface area contributed by atoms with Gasteiger partial charge in [-0.1, -0.05) is 72.9 Å². The number of para-hydroxylation sites is 2. The van der Waals surface area contributed by atoms with Crippen LogP contribution in [-0.2, 0) is 5.41 Å². The van der Waals surface area contributed by atoms with Gasteiger partial charge in [-0.15, -0.1) is 4.99 Å². The van der Waals surface area contributed by atoms with Gasteiger partial charge < -0.3 is 19.7 Å². The second-order valence-electron chi connectivity index (χ2n) is 8.43. The van der Waals surface area contributed by atoms with Crippen LogP contribution < -0.4 is 14.8 Å². The van der Waals surface area contributed by atoms with Gasteiger partial charge in [0.15, 0.2) is 0 Å². The highest BCUT2D eigenvalue weighted by Gasteiger charge is 2.37. The van der Waals surface area contributed by atoms with E-state index in [0.717, 1.165) is 24.2 Å². The van der Waals surface area contributed by atoms with Crippen molar-refractivity contribution in [1.29, 1.82) is 5.26 Å². The molecular weight excluding hydrogens is 456 g/mol. The number of hydrogen-bond acceptors (Lipinski definition) is 5. The fourth-order valence-electron chi connectivity index (χ4n) is 4.46. The van der Waals surface area contributed by atoms with Crippen LogP contribution in [-0.4, -0.2) is 42.7 Å². The first-order valence-corrected chi connectivity index (χ1v) is 12.0. The molecule has 6 nitrogen and oxygen atoms in total. The van der Waals surface area contributed by atoms with Crippen LogP contribution >= 0.6 is 12.2 Å². The molecule has 35 heavy (non-hydrogen) atoms. The summed E-state index contributed by atoms with van der Waals surface area (Å²) in [5.74, 6) is 1.41. The SMILES string of the molecule is COc1ccccc1C(=S)NCC1(c2ccccc2)CCN(/C(=N\C#N)Oc2ccccc2)CC1. The third kappa shape index (κ3) is 5.79. The highest BCUT2D eigenvalue weighted by atomic mass is 32.1. The Hall–Kier alpha value is -3.89. The lowest BCUT2D eigenvalue weighted by atomic mass is 9.72. The maximum atomic E-state index is 9.24. The zero-order chi connectivity index (χ0) is 24.5. The number of benzene rings is 3. The lowest BCUT2D eigenvalue weighted by Gasteiger charge is -2.43. The number of hydrogen-bond donors (Lipinski definition) is 1. The Morgan fingerprint density at radius 1 is 1.00 bits per heavy atom. The van der Waals surface area contributed by atoms with Crippen molar-refractivity contribution in [3.63, 3.8) is 0 Å². The first kappa shape index (κ1) is 24.2. The predicted octanol–water partition coefficient (Wildman–Crippen LogP) is 4.91. The molecule has 1 aliphatic heterocycles. The molecule has 178 valence electrons. The number of ether oxygens (including phenoxy) is 2. The standard InChI is InChI=1S/C28H28N4O2S/c1-33-25-15-9-8-14-24(25)26(35)30-20-28(22-10-4-2-5-11-22)16-18-32(19-17-28)27(31-21-29)34-23-12-6-3-7-13-23/h2-15H,16-20H2,1H3,(H,30,35)/b31-27+. The minimum absolute atomic E-state index is 0.131. The molecule has 3 aromatic carbocycles. The molecule has 0 radical (unpaired) electrons. The van der Waals surface area contributed by atoms with E-state index in [0.29, 0.717) is 36.4 Å². The maximum absolute atomic E-state index is 9.24. The average molecular weight is 485 g/mol. The Morgan fingerprint density at radius 2 is 1.63 bits per heavy atom. The van der Waals surface area contributed by atoms with E-state index >= 15 is 0 Å². The fourth-order valence-corrected chi connectivity index (χ4v) is 4.70. The number of thiocarbonyl (C=S) groups is 1. The number of nitriles is 1. The molecule has 0 aliphatic carbocycles.